The van der Waals surface area contributed by atoms with Gasteiger partial charge in [-0.05, 0) is 44.9 Å². The Morgan fingerprint density at radius 1 is 1.00 bits per heavy atom. The molecule has 0 aliphatic rings. The van der Waals surface area contributed by atoms with Crippen molar-refractivity contribution in [1.82, 2.24) is 10.2 Å². The van der Waals surface area contributed by atoms with Gasteiger partial charge >= 0.3 is 0 Å². The molecule has 0 aliphatic carbocycles. The zero-order valence-corrected chi connectivity index (χ0v) is 11.9. The minimum absolute atomic E-state index is 0.800. The van der Waals surface area contributed by atoms with E-state index in [9.17, 15) is 0 Å². The molecule has 2 heteroatoms. The normalized spacial score (nSPS) is 11.6. The molecule has 1 N–H and O–H groups in total. The highest BCUT2D eigenvalue weighted by Gasteiger charge is 2.03. The van der Waals surface area contributed by atoms with Crippen molar-refractivity contribution in [2.75, 3.05) is 32.7 Å². The van der Waals surface area contributed by atoms with E-state index in [-0.39, 0.29) is 0 Å². The van der Waals surface area contributed by atoms with Crippen LogP contribution in [0.1, 0.15) is 53.4 Å². The fraction of sp³-hybridized carbons (Fsp3) is 1.00. The highest BCUT2D eigenvalue weighted by atomic mass is 15.1. The Labute approximate surface area is 103 Å². The number of nitrogens with zero attached hydrogens (tertiary/aromatic N) is 1. The largest absolute Gasteiger partial charge is 0.317 e. The molecule has 0 fully saturated rings. The minimum atomic E-state index is 0.800. The Morgan fingerprint density at radius 2 is 1.69 bits per heavy atom. The van der Waals surface area contributed by atoms with Crippen molar-refractivity contribution in [2.45, 2.75) is 53.4 Å². The zero-order valence-electron chi connectivity index (χ0n) is 11.9. The van der Waals surface area contributed by atoms with E-state index in [1.807, 2.05) is 0 Å². The van der Waals surface area contributed by atoms with E-state index < -0.39 is 0 Å². The van der Waals surface area contributed by atoms with Crippen LogP contribution in [0.15, 0.2) is 0 Å². The van der Waals surface area contributed by atoms with Crippen LogP contribution in [0.25, 0.3) is 0 Å². The third kappa shape index (κ3) is 10.4. The van der Waals surface area contributed by atoms with Gasteiger partial charge in [0.2, 0.25) is 0 Å². The highest BCUT2D eigenvalue weighted by Crippen LogP contribution is 2.04. The fourth-order valence-corrected chi connectivity index (χ4v) is 2.01. The smallest absolute Gasteiger partial charge is 0.000427 e. The topological polar surface area (TPSA) is 15.3 Å². The predicted octanol–water partition coefficient (Wildman–Crippen LogP) is 3.13. The van der Waals surface area contributed by atoms with E-state index in [0.717, 1.165) is 12.5 Å². The van der Waals surface area contributed by atoms with Crippen molar-refractivity contribution in [1.29, 1.82) is 0 Å². The molecule has 0 atom stereocenters. The molecule has 0 amide bonds. The second kappa shape index (κ2) is 11.4. The first-order chi connectivity index (χ1) is 7.70. The fourth-order valence-electron chi connectivity index (χ4n) is 2.01. The van der Waals surface area contributed by atoms with Crippen molar-refractivity contribution < 1.29 is 0 Å². The lowest BCUT2D eigenvalue weighted by molar-refractivity contribution is 0.250. The first-order valence-electron chi connectivity index (χ1n) is 7.13. The number of rotatable bonds is 11. The lowest BCUT2D eigenvalue weighted by Crippen LogP contribution is -2.28. The molecule has 0 heterocycles. The summed E-state index contributed by atoms with van der Waals surface area (Å²) in [5, 5.41) is 3.37. The van der Waals surface area contributed by atoms with Crippen molar-refractivity contribution in [3.8, 4) is 0 Å². The van der Waals surface area contributed by atoms with Crippen LogP contribution in [0.5, 0.6) is 0 Å². The van der Waals surface area contributed by atoms with Gasteiger partial charge in [-0.15, -0.1) is 0 Å². The summed E-state index contributed by atoms with van der Waals surface area (Å²) in [6, 6.07) is 0. The van der Waals surface area contributed by atoms with Gasteiger partial charge < -0.3 is 10.2 Å². The van der Waals surface area contributed by atoms with Gasteiger partial charge in [0.05, 0.1) is 0 Å². The SMILES string of the molecule is CCNCCCCCCN(CC)CC(C)C. The maximum atomic E-state index is 3.37. The molecule has 0 spiro atoms. The summed E-state index contributed by atoms with van der Waals surface area (Å²) >= 11 is 0. The average Bonchev–Trinajstić information content (AvgIpc) is 2.25. The molecule has 0 aromatic heterocycles. The van der Waals surface area contributed by atoms with Gasteiger partial charge in [-0.2, -0.15) is 0 Å². The lowest BCUT2D eigenvalue weighted by Gasteiger charge is -2.22. The van der Waals surface area contributed by atoms with E-state index in [1.54, 1.807) is 0 Å². The minimum Gasteiger partial charge on any atom is -0.317 e. The molecular weight excluding hydrogens is 196 g/mol. The summed E-state index contributed by atoms with van der Waals surface area (Å²) in [6.07, 6.45) is 5.48. The van der Waals surface area contributed by atoms with Crippen LogP contribution in [0.3, 0.4) is 0 Å². The molecule has 2 nitrogen and oxygen atoms in total. The first-order valence-corrected chi connectivity index (χ1v) is 7.13. The summed E-state index contributed by atoms with van der Waals surface area (Å²) < 4.78 is 0. The molecule has 0 bridgehead atoms. The second-order valence-electron chi connectivity index (χ2n) is 5.05. The van der Waals surface area contributed by atoms with E-state index in [2.05, 4.69) is 37.9 Å². The van der Waals surface area contributed by atoms with Crippen molar-refractivity contribution in [2.24, 2.45) is 5.92 Å². The number of hydrogen-bond donors (Lipinski definition) is 1. The summed E-state index contributed by atoms with van der Waals surface area (Å²) in [5.41, 5.74) is 0. The van der Waals surface area contributed by atoms with E-state index >= 15 is 0 Å². The number of hydrogen-bond acceptors (Lipinski definition) is 2. The summed E-state index contributed by atoms with van der Waals surface area (Å²) in [4.78, 5) is 2.58. The van der Waals surface area contributed by atoms with Crippen LogP contribution in [-0.2, 0) is 0 Å². The standard InChI is InChI=1S/C14H32N2/c1-5-15-11-9-7-8-10-12-16(6-2)13-14(3)4/h14-15H,5-13H2,1-4H3. The van der Waals surface area contributed by atoms with Crippen LogP contribution >= 0.6 is 0 Å². The van der Waals surface area contributed by atoms with Gasteiger partial charge in [0.1, 0.15) is 0 Å². The number of unbranched alkanes of at least 4 members (excludes halogenated alkanes) is 3. The highest BCUT2D eigenvalue weighted by molar-refractivity contribution is 4.58. The lowest BCUT2D eigenvalue weighted by atomic mass is 10.1. The van der Waals surface area contributed by atoms with E-state index in [1.165, 1.54) is 51.9 Å². The van der Waals surface area contributed by atoms with Gasteiger partial charge in [-0.3, -0.25) is 0 Å². The molecular formula is C14H32N2. The molecule has 0 aromatic carbocycles. The molecule has 0 saturated heterocycles. The average molecular weight is 228 g/mol. The Balaban J connectivity index is 3.27. The first kappa shape index (κ1) is 15.9. The zero-order chi connectivity index (χ0) is 12.2. The van der Waals surface area contributed by atoms with Crippen molar-refractivity contribution in [3.63, 3.8) is 0 Å². The molecule has 0 unspecified atom stereocenters. The quantitative estimate of drug-likeness (QED) is 0.547. The number of nitrogens with one attached hydrogen (secondary N) is 1. The maximum Gasteiger partial charge on any atom is 0.000427 e. The Kier molecular flexibility index (Phi) is 11.3. The summed E-state index contributed by atoms with van der Waals surface area (Å²) in [5.74, 6) is 0.800. The third-order valence-corrected chi connectivity index (χ3v) is 2.90. The monoisotopic (exact) mass is 228 g/mol. The molecule has 98 valence electrons. The van der Waals surface area contributed by atoms with E-state index in [4.69, 9.17) is 0 Å². The Bertz CT molecular complexity index is 135. The molecule has 0 aliphatic heterocycles. The Morgan fingerprint density at radius 3 is 2.25 bits per heavy atom. The summed E-state index contributed by atoms with van der Waals surface area (Å²) in [6.45, 7) is 15.1. The van der Waals surface area contributed by atoms with Crippen LogP contribution in [0, 0.1) is 5.92 Å². The van der Waals surface area contributed by atoms with Crippen molar-refractivity contribution in [3.05, 3.63) is 0 Å². The summed E-state index contributed by atoms with van der Waals surface area (Å²) in [7, 11) is 0. The van der Waals surface area contributed by atoms with Gasteiger partial charge in [0, 0.05) is 6.54 Å². The maximum absolute atomic E-state index is 3.37. The Hall–Kier alpha value is -0.0800. The van der Waals surface area contributed by atoms with Gasteiger partial charge in [-0.25, -0.2) is 0 Å². The van der Waals surface area contributed by atoms with Gasteiger partial charge in [0.25, 0.3) is 0 Å². The molecule has 0 rings (SSSR count). The van der Waals surface area contributed by atoms with Crippen LogP contribution in [0.4, 0.5) is 0 Å². The van der Waals surface area contributed by atoms with Gasteiger partial charge in [0.15, 0.2) is 0 Å². The van der Waals surface area contributed by atoms with Crippen LogP contribution in [-0.4, -0.2) is 37.6 Å². The predicted molar refractivity (Wildman–Crippen MR) is 74.0 cm³/mol. The molecule has 0 radical (unpaired) electrons. The molecule has 0 saturated carbocycles. The third-order valence-electron chi connectivity index (χ3n) is 2.90. The van der Waals surface area contributed by atoms with Crippen LogP contribution in [0.2, 0.25) is 0 Å². The molecule has 0 aromatic rings. The van der Waals surface area contributed by atoms with Crippen LogP contribution < -0.4 is 5.32 Å². The second-order valence-corrected chi connectivity index (χ2v) is 5.05. The van der Waals surface area contributed by atoms with E-state index in [0.29, 0.717) is 0 Å². The van der Waals surface area contributed by atoms with Gasteiger partial charge in [-0.1, -0.05) is 40.5 Å². The van der Waals surface area contributed by atoms with Crippen molar-refractivity contribution >= 4 is 0 Å². The molecule has 16 heavy (non-hydrogen) atoms.